The number of rotatable bonds is 6. The number of hydrogen-bond donors (Lipinski definition) is 2. The van der Waals surface area contributed by atoms with E-state index in [1.54, 1.807) is 6.07 Å². The minimum atomic E-state index is -0.0921. The third-order valence-corrected chi connectivity index (χ3v) is 3.83. The zero-order valence-electron chi connectivity index (χ0n) is 13.3. The van der Waals surface area contributed by atoms with Crippen molar-refractivity contribution in [1.29, 1.82) is 0 Å². The first-order chi connectivity index (χ1) is 11.6. The highest BCUT2D eigenvalue weighted by atomic mass is 35.5. The molecule has 1 amide bonds. The van der Waals surface area contributed by atoms with Gasteiger partial charge in [-0.3, -0.25) is 10.1 Å². The van der Waals surface area contributed by atoms with Gasteiger partial charge in [-0.25, -0.2) is 4.98 Å². The number of carbonyl (C=O) groups is 1. The monoisotopic (exact) mass is 343 g/mol. The van der Waals surface area contributed by atoms with Crippen molar-refractivity contribution in [2.45, 2.75) is 19.8 Å². The number of anilines is 1. The van der Waals surface area contributed by atoms with E-state index >= 15 is 0 Å². The Morgan fingerprint density at radius 2 is 2.12 bits per heavy atom. The molecule has 0 saturated carbocycles. The average molecular weight is 344 g/mol. The van der Waals surface area contributed by atoms with Crippen molar-refractivity contribution in [2.75, 3.05) is 11.9 Å². The highest BCUT2D eigenvalue weighted by Gasteiger charge is 2.07. The molecule has 0 aliphatic rings. The lowest BCUT2D eigenvalue weighted by molar-refractivity contribution is -0.116. The molecule has 1 heterocycles. The van der Waals surface area contributed by atoms with E-state index in [9.17, 15) is 4.79 Å². The molecular formula is C18H18ClN3O2. The molecule has 2 N–H and O–H groups in total. The number of aryl methyl sites for hydroxylation is 1. The number of halogens is 1. The molecule has 0 aliphatic heterocycles. The smallest absolute Gasteiger partial charge is 0.226 e. The first-order valence-corrected chi connectivity index (χ1v) is 8.13. The van der Waals surface area contributed by atoms with Crippen molar-refractivity contribution in [3.63, 3.8) is 0 Å². The second-order valence-corrected chi connectivity index (χ2v) is 5.95. The Morgan fingerprint density at radius 3 is 2.92 bits per heavy atom. The number of imidazole rings is 1. The quantitative estimate of drug-likeness (QED) is 0.655. The summed E-state index contributed by atoms with van der Waals surface area (Å²) in [6, 6.07) is 13.1. The topological polar surface area (TPSA) is 67.0 Å². The van der Waals surface area contributed by atoms with E-state index in [2.05, 4.69) is 15.3 Å². The summed E-state index contributed by atoms with van der Waals surface area (Å²) in [4.78, 5) is 19.4. The number of benzene rings is 2. The SMILES string of the molecule is Cc1cc(Cl)ccc1OCCCC(=O)Nc1nc2ccccc2[nH]1. The summed E-state index contributed by atoms with van der Waals surface area (Å²) in [6.45, 7) is 2.41. The van der Waals surface area contributed by atoms with E-state index in [-0.39, 0.29) is 5.91 Å². The van der Waals surface area contributed by atoms with E-state index in [0.29, 0.717) is 30.4 Å². The van der Waals surface area contributed by atoms with Gasteiger partial charge in [0.25, 0.3) is 0 Å². The zero-order valence-corrected chi connectivity index (χ0v) is 14.1. The Hall–Kier alpha value is -2.53. The molecular weight excluding hydrogens is 326 g/mol. The van der Waals surface area contributed by atoms with Crippen molar-refractivity contribution in [1.82, 2.24) is 9.97 Å². The second-order valence-electron chi connectivity index (χ2n) is 5.51. The summed E-state index contributed by atoms with van der Waals surface area (Å²) in [7, 11) is 0. The van der Waals surface area contributed by atoms with E-state index in [1.807, 2.05) is 43.3 Å². The van der Waals surface area contributed by atoms with Crippen LogP contribution in [0.25, 0.3) is 11.0 Å². The van der Waals surface area contributed by atoms with Crippen molar-refractivity contribution in [3.05, 3.63) is 53.1 Å². The predicted octanol–water partition coefficient (Wildman–Crippen LogP) is 4.32. The third-order valence-electron chi connectivity index (χ3n) is 3.59. The van der Waals surface area contributed by atoms with Crippen LogP contribution >= 0.6 is 11.6 Å². The average Bonchev–Trinajstić information content (AvgIpc) is 2.95. The standard InChI is InChI=1S/C18H18ClN3O2/c1-12-11-13(19)8-9-16(12)24-10-4-7-17(23)22-18-20-14-5-2-3-6-15(14)21-18/h2-3,5-6,8-9,11H,4,7,10H2,1H3,(H2,20,21,22,23). The number of hydrogen-bond acceptors (Lipinski definition) is 3. The summed E-state index contributed by atoms with van der Waals surface area (Å²) in [5.74, 6) is 1.17. The van der Waals surface area contributed by atoms with Gasteiger partial charge in [-0.05, 0) is 49.2 Å². The van der Waals surface area contributed by atoms with Gasteiger partial charge in [-0.1, -0.05) is 23.7 Å². The van der Waals surface area contributed by atoms with Gasteiger partial charge in [0.15, 0.2) is 0 Å². The molecule has 0 unspecified atom stereocenters. The number of aromatic nitrogens is 2. The summed E-state index contributed by atoms with van der Waals surface area (Å²) in [5.41, 5.74) is 2.71. The molecule has 0 saturated heterocycles. The minimum absolute atomic E-state index is 0.0921. The summed E-state index contributed by atoms with van der Waals surface area (Å²) in [5, 5.41) is 3.46. The fourth-order valence-corrected chi connectivity index (χ4v) is 2.62. The van der Waals surface area contributed by atoms with E-state index in [1.165, 1.54) is 0 Å². The van der Waals surface area contributed by atoms with E-state index in [0.717, 1.165) is 22.3 Å². The van der Waals surface area contributed by atoms with Crippen molar-refractivity contribution >= 4 is 34.5 Å². The summed E-state index contributed by atoms with van der Waals surface area (Å²) >= 11 is 5.91. The fourth-order valence-electron chi connectivity index (χ4n) is 2.40. The summed E-state index contributed by atoms with van der Waals surface area (Å²) in [6.07, 6.45) is 0.984. The van der Waals surface area contributed by atoms with E-state index < -0.39 is 0 Å². The number of aromatic amines is 1. The van der Waals surface area contributed by atoms with Gasteiger partial charge < -0.3 is 9.72 Å². The highest BCUT2D eigenvalue weighted by Crippen LogP contribution is 2.22. The molecule has 124 valence electrons. The van der Waals surface area contributed by atoms with Crippen LogP contribution in [0.1, 0.15) is 18.4 Å². The largest absolute Gasteiger partial charge is 0.493 e. The van der Waals surface area contributed by atoms with Crippen LogP contribution in [0.15, 0.2) is 42.5 Å². The highest BCUT2D eigenvalue weighted by molar-refractivity contribution is 6.30. The van der Waals surface area contributed by atoms with Crippen molar-refractivity contribution in [3.8, 4) is 5.75 Å². The van der Waals surface area contributed by atoms with Crippen molar-refractivity contribution in [2.24, 2.45) is 0 Å². The van der Waals surface area contributed by atoms with Gasteiger partial charge in [0.1, 0.15) is 5.75 Å². The molecule has 3 aromatic rings. The Labute approximate surface area is 145 Å². The van der Waals surface area contributed by atoms with Crippen LogP contribution in [0.4, 0.5) is 5.95 Å². The molecule has 0 radical (unpaired) electrons. The van der Waals surface area contributed by atoms with Gasteiger partial charge in [0.2, 0.25) is 11.9 Å². The fraction of sp³-hybridized carbons (Fsp3) is 0.222. The predicted molar refractivity (Wildman–Crippen MR) is 95.6 cm³/mol. The zero-order chi connectivity index (χ0) is 16.9. The van der Waals surface area contributed by atoms with Crippen LogP contribution in [0.3, 0.4) is 0 Å². The molecule has 0 spiro atoms. The van der Waals surface area contributed by atoms with Gasteiger partial charge in [0.05, 0.1) is 17.6 Å². The van der Waals surface area contributed by atoms with Crippen molar-refractivity contribution < 1.29 is 9.53 Å². The normalized spacial score (nSPS) is 10.8. The number of nitrogens with zero attached hydrogens (tertiary/aromatic N) is 1. The molecule has 6 heteroatoms. The van der Waals surface area contributed by atoms with Crippen LogP contribution in [0.5, 0.6) is 5.75 Å². The molecule has 0 fully saturated rings. The maximum atomic E-state index is 12.0. The molecule has 24 heavy (non-hydrogen) atoms. The molecule has 0 bridgehead atoms. The second kappa shape index (κ2) is 7.36. The number of nitrogens with one attached hydrogen (secondary N) is 2. The molecule has 1 aromatic heterocycles. The van der Waals surface area contributed by atoms with Crippen LogP contribution in [-0.4, -0.2) is 22.5 Å². The lowest BCUT2D eigenvalue weighted by Gasteiger charge is -2.09. The molecule has 2 aromatic carbocycles. The van der Waals surface area contributed by atoms with Gasteiger partial charge in [-0.15, -0.1) is 0 Å². The summed E-state index contributed by atoms with van der Waals surface area (Å²) < 4.78 is 5.68. The number of amides is 1. The molecule has 0 aliphatic carbocycles. The number of carbonyl (C=O) groups excluding carboxylic acids is 1. The Kier molecular flexibility index (Phi) is 5.01. The van der Waals surface area contributed by atoms with Crippen LogP contribution in [0, 0.1) is 6.92 Å². The Morgan fingerprint density at radius 1 is 1.29 bits per heavy atom. The van der Waals surface area contributed by atoms with Gasteiger partial charge >= 0.3 is 0 Å². The lowest BCUT2D eigenvalue weighted by Crippen LogP contribution is -2.13. The first-order valence-electron chi connectivity index (χ1n) is 7.75. The lowest BCUT2D eigenvalue weighted by atomic mass is 10.2. The van der Waals surface area contributed by atoms with E-state index in [4.69, 9.17) is 16.3 Å². The van der Waals surface area contributed by atoms with Crippen LogP contribution in [-0.2, 0) is 4.79 Å². The molecule has 0 atom stereocenters. The molecule has 3 rings (SSSR count). The third kappa shape index (κ3) is 4.06. The van der Waals surface area contributed by atoms with Crippen LogP contribution in [0.2, 0.25) is 5.02 Å². The molecule has 5 nitrogen and oxygen atoms in total. The van der Waals surface area contributed by atoms with Gasteiger partial charge in [-0.2, -0.15) is 0 Å². The number of para-hydroxylation sites is 2. The first kappa shape index (κ1) is 16.3. The Balaban J connectivity index is 1.45. The maximum Gasteiger partial charge on any atom is 0.226 e. The number of H-pyrrole nitrogens is 1. The maximum absolute atomic E-state index is 12.0. The van der Waals surface area contributed by atoms with Crippen LogP contribution < -0.4 is 10.1 Å². The minimum Gasteiger partial charge on any atom is -0.493 e. The van der Waals surface area contributed by atoms with Gasteiger partial charge in [0, 0.05) is 11.4 Å². The number of ether oxygens (including phenoxy) is 1. The number of fused-ring (bicyclic) bond motifs is 1. The Bertz CT molecular complexity index is 827.